The molecule has 1 fully saturated rings. The third-order valence-electron chi connectivity index (χ3n) is 2.80. The minimum Gasteiger partial charge on any atom is -0.480 e. The second-order valence-corrected chi connectivity index (χ2v) is 3.67. The Hall–Kier alpha value is -0.610. The summed E-state index contributed by atoms with van der Waals surface area (Å²) < 4.78 is 0. The molecule has 0 aromatic rings. The van der Waals surface area contributed by atoms with Crippen LogP contribution in [-0.4, -0.2) is 33.4 Å². The molecule has 0 spiro atoms. The predicted octanol–water partition coefficient (Wildman–Crippen LogP) is 1.48. The molecule has 4 nitrogen and oxygen atoms in total. The van der Waals surface area contributed by atoms with Gasteiger partial charge >= 0.3 is 5.97 Å². The Balaban J connectivity index is 2.68. The summed E-state index contributed by atoms with van der Waals surface area (Å²) in [5.41, 5.74) is -0.990. The van der Waals surface area contributed by atoms with Gasteiger partial charge in [-0.25, -0.2) is 0 Å². The number of hydrogen-bond donors (Lipinski definition) is 2. The molecule has 1 atom stereocenters. The van der Waals surface area contributed by atoms with Crippen molar-refractivity contribution in [1.29, 1.82) is 0 Å². The number of carboxylic acids is 1. The minimum absolute atomic E-state index is 0.482. The lowest BCUT2D eigenvalue weighted by atomic mass is 9.91. The highest BCUT2D eigenvalue weighted by molar-refractivity contribution is 5.78. The van der Waals surface area contributed by atoms with Gasteiger partial charge in [-0.1, -0.05) is 19.8 Å². The van der Waals surface area contributed by atoms with Gasteiger partial charge in [0.05, 0.1) is 0 Å². The predicted molar refractivity (Wildman–Crippen MR) is 47.6 cm³/mol. The van der Waals surface area contributed by atoms with Gasteiger partial charge in [0.1, 0.15) is 5.54 Å². The summed E-state index contributed by atoms with van der Waals surface area (Å²) in [5.74, 6) is -0.888. The Morgan fingerprint density at radius 2 is 2.31 bits per heavy atom. The van der Waals surface area contributed by atoms with E-state index in [1.54, 1.807) is 0 Å². The van der Waals surface area contributed by atoms with Crippen LogP contribution >= 0.6 is 0 Å². The molecule has 0 amide bonds. The van der Waals surface area contributed by atoms with Crippen LogP contribution < -0.4 is 0 Å². The highest BCUT2D eigenvalue weighted by atomic mass is 16.5. The number of hydrogen-bond acceptors (Lipinski definition) is 3. The third-order valence-corrected chi connectivity index (χ3v) is 2.80. The van der Waals surface area contributed by atoms with E-state index >= 15 is 0 Å². The van der Waals surface area contributed by atoms with E-state index in [9.17, 15) is 10.0 Å². The molecule has 1 rings (SSSR count). The minimum atomic E-state index is -0.990. The van der Waals surface area contributed by atoms with Gasteiger partial charge in [-0.3, -0.25) is 4.79 Å². The highest BCUT2D eigenvalue weighted by Gasteiger charge is 2.46. The first-order chi connectivity index (χ1) is 6.13. The fourth-order valence-electron chi connectivity index (χ4n) is 1.91. The van der Waals surface area contributed by atoms with Crippen LogP contribution in [0.4, 0.5) is 0 Å². The standard InChI is InChI=1S/C9H17NO3/c1-2-3-5-9(8(11)12)6-4-7-10(9)13/h13H,2-7H2,1H3,(H,11,12). The lowest BCUT2D eigenvalue weighted by Crippen LogP contribution is -2.48. The van der Waals surface area contributed by atoms with Crippen LogP contribution in [0.3, 0.4) is 0 Å². The van der Waals surface area contributed by atoms with Crippen LogP contribution in [0.2, 0.25) is 0 Å². The molecule has 0 aliphatic carbocycles. The molecule has 0 aromatic carbocycles. The first kappa shape index (κ1) is 10.5. The maximum absolute atomic E-state index is 11.0. The van der Waals surface area contributed by atoms with E-state index in [4.69, 9.17) is 5.11 Å². The number of nitrogens with zero attached hydrogens (tertiary/aromatic N) is 1. The van der Waals surface area contributed by atoms with Crippen molar-refractivity contribution in [2.24, 2.45) is 0 Å². The Kier molecular flexibility index (Phi) is 3.27. The molecule has 0 radical (unpaired) electrons. The van der Waals surface area contributed by atoms with E-state index in [1.165, 1.54) is 0 Å². The van der Waals surface area contributed by atoms with Crippen molar-refractivity contribution in [3.05, 3.63) is 0 Å². The molecule has 1 aliphatic heterocycles. The van der Waals surface area contributed by atoms with Gasteiger partial charge in [0.15, 0.2) is 0 Å². The molecular formula is C9H17NO3. The van der Waals surface area contributed by atoms with Gasteiger partial charge in [-0.15, -0.1) is 0 Å². The molecule has 1 heterocycles. The summed E-state index contributed by atoms with van der Waals surface area (Å²) >= 11 is 0. The normalized spacial score (nSPS) is 29.4. The topological polar surface area (TPSA) is 60.8 Å². The first-order valence-electron chi connectivity index (χ1n) is 4.83. The van der Waals surface area contributed by atoms with Crippen molar-refractivity contribution in [2.45, 2.75) is 44.6 Å². The molecule has 76 valence electrons. The van der Waals surface area contributed by atoms with Gasteiger partial charge in [-0.05, 0) is 19.3 Å². The van der Waals surface area contributed by atoms with Crippen molar-refractivity contribution in [3.63, 3.8) is 0 Å². The lowest BCUT2D eigenvalue weighted by Gasteiger charge is -2.29. The van der Waals surface area contributed by atoms with Crippen molar-refractivity contribution in [2.75, 3.05) is 6.54 Å². The smallest absolute Gasteiger partial charge is 0.326 e. The number of hydroxylamine groups is 2. The number of unbranched alkanes of at least 4 members (excludes halogenated alkanes) is 1. The summed E-state index contributed by atoms with van der Waals surface area (Å²) in [7, 11) is 0. The quantitative estimate of drug-likeness (QED) is 0.700. The zero-order valence-corrected chi connectivity index (χ0v) is 7.99. The van der Waals surface area contributed by atoms with Gasteiger partial charge in [0.2, 0.25) is 0 Å². The maximum atomic E-state index is 11.0. The number of rotatable bonds is 4. The average Bonchev–Trinajstić information content (AvgIpc) is 2.45. The Bertz CT molecular complexity index is 195. The molecule has 13 heavy (non-hydrogen) atoms. The van der Waals surface area contributed by atoms with Crippen molar-refractivity contribution >= 4 is 5.97 Å². The molecule has 0 aromatic heterocycles. The van der Waals surface area contributed by atoms with Gasteiger partial charge < -0.3 is 10.3 Å². The summed E-state index contributed by atoms with van der Waals surface area (Å²) in [6, 6.07) is 0. The fraction of sp³-hybridized carbons (Fsp3) is 0.889. The monoisotopic (exact) mass is 187 g/mol. The fourth-order valence-corrected chi connectivity index (χ4v) is 1.91. The third kappa shape index (κ3) is 1.84. The average molecular weight is 187 g/mol. The number of aliphatic carboxylic acids is 1. The largest absolute Gasteiger partial charge is 0.480 e. The van der Waals surface area contributed by atoms with E-state index in [0.717, 1.165) is 24.3 Å². The van der Waals surface area contributed by atoms with Crippen molar-refractivity contribution in [1.82, 2.24) is 5.06 Å². The Morgan fingerprint density at radius 1 is 1.62 bits per heavy atom. The molecule has 1 aliphatic rings. The van der Waals surface area contributed by atoms with Crippen LogP contribution in [0.25, 0.3) is 0 Å². The van der Waals surface area contributed by atoms with E-state index in [0.29, 0.717) is 19.4 Å². The zero-order chi connectivity index (χ0) is 9.90. The second kappa shape index (κ2) is 4.07. The van der Waals surface area contributed by atoms with E-state index < -0.39 is 11.5 Å². The molecule has 1 saturated heterocycles. The molecule has 0 bridgehead atoms. The highest BCUT2D eigenvalue weighted by Crippen LogP contribution is 2.32. The zero-order valence-electron chi connectivity index (χ0n) is 7.99. The van der Waals surface area contributed by atoms with E-state index in [1.807, 2.05) is 6.92 Å². The SMILES string of the molecule is CCCCC1(C(=O)O)CCCN1O. The summed E-state index contributed by atoms with van der Waals surface area (Å²) in [6.07, 6.45) is 3.70. The summed E-state index contributed by atoms with van der Waals surface area (Å²) in [4.78, 5) is 11.0. The van der Waals surface area contributed by atoms with Crippen LogP contribution in [0.1, 0.15) is 39.0 Å². The van der Waals surface area contributed by atoms with E-state index in [2.05, 4.69) is 0 Å². The molecule has 1 unspecified atom stereocenters. The summed E-state index contributed by atoms with van der Waals surface area (Å²) in [5, 5.41) is 19.6. The maximum Gasteiger partial charge on any atom is 0.326 e. The molecular weight excluding hydrogens is 170 g/mol. The van der Waals surface area contributed by atoms with Gasteiger partial charge in [-0.2, -0.15) is 5.06 Å². The van der Waals surface area contributed by atoms with Crippen LogP contribution in [-0.2, 0) is 4.79 Å². The van der Waals surface area contributed by atoms with Crippen LogP contribution in [0.15, 0.2) is 0 Å². The molecule has 0 saturated carbocycles. The number of carboxylic acid groups (broad SMARTS) is 1. The number of carbonyl (C=O) groups is 1. The van der Waals surface area contributed by atoms with Crippen molar-refractivity contribution < 1.29 is 15.1 Å². The first-order valence-corrected chi connectivity index (χ1v) is 4.83. The lowest BCUT2D eigenvalue weighted by molar-refractivity contribution is -0.186. The Labute approximate surface area is 78.1 Å². The van der Waals surface area contributed by atoms with Gasteiger partial charge in [0, 0.05) is 6.54 Å². The van der Waals surface area contributed by atoms with Gasteiger partial charge in [0.25, 0.3) is 0 Å². The van der Waals surface area contributed by atoms with Crippen LogP contribution in [0.5, 0.6) is 0 Å². The second-order valence-electron chi connectivity index (χ2n) is 3.67. The van der Waals surface area contributed by atoms with E-state index in [-0.39, 0.29) is 0 Å². The molecule has 2 N–H and O–H groups in total. The van der Waals surface area contributed by atoms with Crippen molar-refractivity contribution in [3.8, 4) is 0 Å². The van der Waals surface area contributed by atoms with Crippen LogP contribution in [0, 0.1) is 0 Å². The summed E-state index contributed by atoms with van der Waals surface area (Å²) in [6.45, 7) is 2.50. The Morgan fingerprint density at radius 3 is 2.69 bits per heavy atom. The molecule has 4 heteroatoms.